The standard InChI is InChI=1S/C19H23F2N3O4/c20-17(21)28-14-6-4-13(5-7-14)8-11-22-15(25)12-24-16(26)19(23-18(24)27)9-2-1-3-10-19/h4-7,17H,1-3,8-12H2,(H,22,25)(H,23,27). The minimum atomic E-state index is -2.87. The van der Waals surface area contributed by atoms with E-state index in [2.05, 4.69) is 15.4 Å². The van der Waals surface area contributed by atoms with Crippen molar-refractivity contribution in [3.63, 3.8) is 0 Å². The third-order valence-electron chi connectivity index (χ3n) is 5.14. The largest absolute Gasteiger partial charge is 0.435 e. The van der Waals surface area contributed by atoms with Crippen LogP contribution in [0.5, 0.6) is 5.75 Å². The summed E-state index contributed by atoms with van der Waals surface area (Å²) in [5, 5.41) is 5.44. The van der Waals surface area contributed by atoms with E-state index in [-0.39, 0.29) is 18.2 Å². The van der Waals surface area contributed by atoms with Gasteiger partial charge >= 0.3 is 12.6 Å². The second kappa shape index (κ2) is 8.53. The maximum absolute atomic E-state index is 12.6. The molecule has 0 unspecified atom stereocenters. The third-order valence-corrected chi connectivity index (χ3v) is 5.14. The molecule has 4 amide bonds. The van der Waals surface area contributed by atoms with Crippen molar-refractivity contribution >= 4 is 17.8 Å². The first-order valence-corrected chi connectivity index (χ1v) is 9.34. The summed E-state index contributed by atoms with van der Waals surface area (Å²) in [6.45, 7) is -2.89. The van der Waals surface area contributed by atoms with Gasteiger partial charge in [-0.15, -0.1) is 0 Å². The summed E-state index contributed by atoms with van der Waals surface area (Å²) in [6.07, 6.45) is 4.51. The number of hydrogen-bond acceptors (Lipinski definition) is 4. The van der Waals surface area contributed by atoms with Crippen molar-refractivity contribution < 1.29 is 27.9 Å². The summed E-state index contributed by atoms with van der Waals surface area (Å²) < 4.78 is 28.5. The first-order chi connectivity index (χ1) is 13.4. The second-order valence-electron chi connectivity index (χ2n) is 7.09. The number of urea groups is 1. The van der Waals surface area contributed by atoms with Crippen LogP contribution in [0.15, 0.2) is 24.3 Å². The Morgan fingerprint density at radius 1 is 1.18 bits per heavy atom. The number of benzene rings is 1. The lowest BCUT2D eigenvalue weighted by molar-refractivity contribution is -0.135. The molecule has 0 radical (unpaired) electrons. The predicted molar refractivity (Wildman–Crippen MR) is 95.8 cm³/mol. The fraction of sp³-hybridized carbons (Fsp3) is 0.526. The Labute approximate surface area is 161 Å². The van der Waals surface area contributed by atoms with Crippen LogP contribution >= 0.6 is 0 Å². The molecule has 1 saturated carbocycles. The van der Waals surface area contributed by atoms with Gasteiger partial charge in [0.05, 0.1) is 0 Å². The molecule has 2 fully saturated rings. The molecule has 1 aromatic rings. The smallest absolute Gasteiger partial charge is 0.387 e. The molecule has 7 nitrogen and oxygen atoms in total. The lowest BCUT2D eigenvalue weighted by atomic mass is 9.82. The number of carbonyl (C=O) groups excluding carboxylic acids is 3. The van der Waals surface area contributed by atoms with E-state index in [1.807, 2.05) is 0 Å². The molecule has 9 heteroatoms. The van der Waals surface area contributed by atoms with E-state index in [0.717, 1.165) is 29.7 Å². The van der Waals surface area contributed by atoms with Crippen LogP contribution < -0.4 is 15.4 Å². The van der Waals surface area contributed by atoms with Gasteiger partial charge in [-0.1, -0.05) is 31.4 Å². The minimum absolute atomic E-state index is 0.0676. The van der Waals surface area contributed by atoms with Gasteiger partial charge in [0, 0.05) is 6.54 Å². The zero-order chi connectivity index (χ0) is 20.1. The number of rotatable bonds is 7. The molecule has 1 saturated heterocycles. The Kier molecular flexibility index (Phi) is 6.11. The molecular formula is C19H23F2N3O4. The van der Waals surface area contributed by atoms with E-state index in [0.29, 0.717) is 25.8 Å². The first-order valence-electron chi connectivity index (χ1n) is 9.34. The maximum Gasteiger partial charge on any atom is 0.387 e. The SMILES string of the molecule is O=C(CN1C(=O)NC2(CCCCC2)C1=O)NCCc1ccc(OC(F)F)cc1. The molecule has 3 rings (SSSR count). The quantitative estimate of drug-likeness (QED) is 0.693. The van der Waals surface area contributed by atoms with Crippen LogP contribution in [0.2, 0.25) is 0 Å². The molecule has 0 bridgehead atoms. The summed E-state index contributed by atoms with van der Waals surface area (Å²) in [6, 6.07) is 5.61. The second-order valence-corrected chi connectivity index (χ2v) is 7.09. The third kappa shape index (κ3) is 4.58. The van der Waals surface area contributed by atoms with E-state index >= 15 is 0 Å². The van der Waals surface area contributed by atoms with E-state index in [1.165, 1.54) is 12.1 Å². The maximum atomic E-state index is 12.6. The number of carbonyl (C=O) groups is 3. The van der Waals surface area contributed by atoms with Crippen LogP contribution in [0.1, 0.15) is 37.7 Å². The summed E-state index contributed by atoms with van der Waals surface area (Å²) in [5.74, 6) is -0.672. The average molecular weight is 395 g/mol. The van der Waals surface area contributed by atoms with Gasteiger partial charge in [-0.05, 0) is 37.0 Å². The molecule has 28 heavy (non-hydrogen) atoms. The van der Waals surface area contributed by atoms with Crippen LogP contribution in [0, 0.1) is 0 Å². The molecule has 2 aliphatic rings. The van der Waals surface area contributed by atoms with E-state index in [1.54, 1.807) is 12.1 Å². The molecule has 0 atom stereocenters. The fourth-order valence-corrected chi connectivity index (χ4v) is 3.70. The van der Waals surface area contributed by atoms with Crippen molar-refractivity contribution in [3.8, 4) is 5.75 Å². The van der Waals surface area contributed by atoms with Gasteiger partial charge in [-0.3, -0.25) is 14.5 Å². The Morgan fingerprint density at radius 2 is 1.86 bits per heavy atom. The lowest BCUT2D eigenvalue weighted by Crippen LogP contribution is -2.49. The average Bonchev–Trinajstić information content (AvgIpc) is 2.87. The van der Waals surface area contributed by atoms with Gasteiger partial charge in [0.25, 0.3) is 5.91 Å². The van der Waals surface area contributed by atoms with E-state index < -0.39 is 24.1 Å². The lowest BCUT2D eigenvalue weighted by Gasteiger charge is -2.30. The summed E-state index contributed by atoms with van der Waals surface area (Å²) in [4.78, 5) is 37.9. The highest BCUT2D eigenvalue weighted by Gasteiger charge is 2.51. The molecule has 1 heterocycles. The molecular weight excluding hydrogens is 372 g/mol. The topological polar surface area (TPSA) is 87.7 Å². The van der Waals surface area contributed by atoms with Crippen LogP contribution in [0.3, 0.4) is 0 Å². The van der Waals surface area contributed by atoms with E-state index in [9.17, 15) is 23.2 Å². The fourth-order valence-electron chi connectivity index (χ4n) is 3.70. The summed E-state index contributed by atoms with van der Waals surface area (Å²) in [7, 11) is 0. The van der Waals surface area contributed by atoms with Gasteiger partial charge < -0.3 is 15.4 Å². The van der Waals surface area contributed by atoms with Gasteiger partial charge in [-0.25, -0.2) is 4.79 Å². The summed E-state index contributed by atoms with van der Waals surface area (Å²) >= 11 is 0. The zero-order valence-corrected chi connectivity index (χ0v) is 15.4. The molecule has 1 aromatic carbocycles. The number of alkyl halides is 2. The molecule has 1 spiro atoms. The Bertz CT molecular complexity index is 733. The Morgan fingerprint density at radius 3 is 2.50 bits per heavy atom. The van der Waals surface area contributed by atoms with Crippen molar-refractivity contribution in [2.24, 2.45) is 0 Å². The Hall–Kier alpha value is -2.71. The van der Waals surface area contributed by atoms with Crippen molar-refractivity contribution in [1.82, 2.24) is 15.5 Å². The number of amides is 4. The van der Waals surface area contributed by atoms with Gasteiger partial charge in [0.2, 0.25) is 5.91 Å². The van der Waals surface area contributed by atoms with E-state index in [4.69, 9.17) is 0 Å². The molecule has 1 aliphatic carbocycles. The highest BCUT2D eigenvalue weighted by molar-refractivity contribution is 6.09. The number of hydrogen-bond donors (Lipinski definition) is 2. The highest BCUT2D eigenvalue weighted by atomic mass is 19.3. The van der Waals surface area contributed by atoms with Crippen LogP contribution in [0.25, 0.3) is 0 Å². The number of nitrogens with one attached hydrogen (secondary N) is 2. The normalized spacial score (nSPS) is 18.5. The first kappa shape index (κ1) is 20.0. The Balaban J connectivity index is 1.45. The van der Waals surface area contributed by atoms with Gasteiger partial charge in [0.15, 0.2) is 0 Å². The van der Waals surface area contributed by atoms with Crippen molar-refractivity contribution in [2.75, 3.05) is 13.1 Å². The summed E-state index contributed by atoms with van der Waals surface area (Å²) in [5.41, 5.74) is -0.00411. The van der Waals surface area contributed by atoms with Crippen molar-refractivity contribution in [1.29, 1.82) is 0 Å². The number of nitrogens with zero attached hydrogens (tertiary/aromatic N) is 1. The zero-order valence-electron chi connectivity index (χ0n) is 15.4. The number of imide groups is 1. The predicted octanol–water partition coefficient (Wildman–Crippen LogP) is 2.20. The number of halogens is 2. The van der Waals surface area contributed by atoms with Gasteiger partial charge in [-0.2, -0.15) is 8.78 Å². The molecule has 1 aliphatic heterocycles. The molecule has 152 valence electrons. The van der Waals surface area contributed by atoms with Crippen LogP contribution in [0.4, 0.5) is 13.6 Å². The van der Waals surface area contributed by atoms with Crippen LogP contribution in [-0.4, -0.2) is 48.0 Å². The minimum Gasteiger partial charge on any atom is -0.435 e. The monoisotopic (exact) mass is 395 g/mol. The van der Waals surface area contributed by atoms with Crippen LogP contribution in [-0.2, 0) is 16.0 Å². The van der Waals surface area contributed by atoms with Crippen molar-refractivity contribution in [3.05, 3.63) is 29.8 Å². The molecule has 0 aromatic heterocycles. The number of ether oxygens (including phenoxy) is 1. The highest BCUT2D eigenvalue weighted by Crippen LogP contribution is 2.33. The molecule has 2 N–H and O–H groups in total. The van der Waals surface area contributed by atoms with Gasteiger partial charge in [0.1, 0.15) is 17.8 Å². The van der Waals surface area contributed by atoms with Crippen molar-refractivity contribution in [2.45, 2.75) is 50.7 Å².